The molecule has 5 nitrogen and oxygen atoms in total. The molecule has 0 aliphatic carbocycles. The zero-order chi connectivity index (χ0) is 13.3. The molecule has 2 atom stereocenters. The van der Waals surface area contributed by atoms with Gasteiger partial charge in [0.05, 0.1) is 5.60 Å². The standard InChI is InChI=1S/C14H22N2O3/c1-16-6-5-15-13(16)12(17)11-2-7-19-14(10-11)3-8-18-9-4-14/h5-6,11-12,17H,2-4,7-10H2,1H3. The molecule has 2 unspecified atom stereocenters. The van der Waals surface area contributed by atoms with Crippen molar-refractivity contribution in [2.45, 2.75) is 37.4 Å². The van der Waals surface area contributed by atoms with Gasteiger partial charge in [-0.3, -0.25) is 0 Å². The fourth-order valence-corrected chi connectivity index (χ4v) is 3.30. The Balaban J connectivity index is 1.72. The molecule has 2 fully saturated rings. The van der Waals surface area contributed by atoms with Crippen LogP contribution in [0.3, 0.4) is 0 Å². The van der Waals surface area contributed by atoms with Crippen molar-refractivity contribution >= 4 is 0 Å². The van der Waals surface area contributed by atoms with Gasteiger partial charge in [-0.1, -0.05) is 0 Å². The van der Waals surface area contributed by atoms with Crippen LogP contribution in [-0.2, 0) is 16.5 Å². The molecular formula is C14H22N2O3. The SMILES string of the molecule is Cn1ccnc1C(O)C1CCOC2(CCOCC2)C1. The van der Waals surface area contributed by atoms with E-state index < -0.39 is 6.10 Å². The molecule has 1 aromatic rings. The van der Waals surface area contributed by atoms with E-state index in [1.165, 1.54) is 0 Å². The largest absolute Gasteiger partial charge is 0.385 e. The molecule has 5 heteroatoms. The molecule has 1 aromatic heterocycles. The lowest BCUT2D eigenvalue weighted by atomic mass is 9.78. The monoisotopic (exact) mass is 266 g/mol. The Morgan fingerprint density at radius 2 is 2.21 bits per heavy atom. The minimum absolute atomic E-state index is 0.0761. The van der Waals surface area contributed by atoms with Crippen molar-refractivity contribution in [1.29, 1.82) is 0 Å². The van der Waals surface area contributed by atoms with Gasteiger partial charge in [-0.15, -0.1) is 0 Å². The number of rotatable bonds is 2. The molecule has 2 aliphatic heterocycles. The molecule has 0 saturated carbocycles. The van der Waals surface area contributed by atoms with Crippen molar-refractivity contribution < 1.29 is 14.6 Å². The van der Waals surface area contributed by atoms with Gasteiger partial charge in [0.2, 0.25) is 0 Å². The summed E-state index contributed by atoms with van der Waals surface area (Å²) in [6.45, 7) is 2.27. The summed E-state index contributed by atoms with van der Waals surface area (Å²) in [7, 11) is 1.93. The van der Waals surface area contributed by atoms with E-state index in [1.54, 1.807) is 6.20 Å². The molecule has 0 bridgehead atoms. The highest BCUT2D eigenvalue weighted by Gasteiger charge is 2.41. The van der Waals surface area contributed by atoms with Crippen LogP contribution in [0.2, 0.25) is 0 Å². The topological polar surface area (TPSA) is 56.5 Å². The molecule has 0 amide bonds. The highest BCUT2D eigenvalue weighted by atomic mass is 16.5. The molecule has 2 aliphatic rings. The fraction of sp³-hybridized carbons (Fsp3) is 0.786. The average Bonchev–Trinajstić information content (AvgIpc) is 2.85. The molecule has 3 rings (SSSR count). The van der Waals surface area contributed by atoms with E-state index in [9.17, 15) is 5.11 Å². The van der Waals surface area contributed by atoms with Crippen LogP contribution in [-0.4, -0.2) is 40.1 Å². The van der Waals surface area contributed by atoms with Crippen LogP contribution in [0.1, 0.15) is 37.6 Å². The van der Waals surface area contributed by atoms with E-state index in [2.05, 4.69) is 4.98 Å². The summed E-state index contributed by atoms with van der Waals surface area (Å²) in [5.41, 5.74) is -0.0761. The van der Waals surface area contributed by atoms with E-state index in [0.717, 1.165) is 51.3 Å². The maximum Gasteiger partial charge on any atom is 0.137 e. The summed E-state index contributed by atoms with van der Waals surface area (Å²) in [4.78, 5) is 4.27. The molecule has 19 heavy (non-hydrogen) atoms. The van der Waals surface area contributed by atoms with Gasteiger partial charge in [-0.25, -0.2) is 4.98 Å². The van der Waals surface area contributed by atoms with Gasteiger partial charge in [-0.05, 0) is 31.6 Å². The van der Waals surface area contributed by atoms with Crippen LogP contribution in [0.4, 0.5) is 0 Å². The van der Waals surface area contributed by atoms with Crippen LogP contribution in [0.5, 0.6) is 0 Å². The summed E-state index contributed by atoms with van der Waals surface area (Å²) >= 11 is 0. The van der Waals surface area contributed by atoms with Crippen LogP contribution in [0.25, 0.3) is 0 Å². The maximum absolute atomic E-state index is 10.6. The van der Waals surface area contributed by atoms with Crippen LogP contribution < -0.4 is 0 Å². The van der Waals surface area contributed by atoms with Crippen LogP contribution >= 0.6 is 0 Å². The number of hydrogen-bond acceptors (Lipinski definition) is 4. The summed E-state index contributed by atoms with van der Waals surface area (Å²) in [6.07, 6.45) is 6.81. The van der Waals surface area contributed by atoms with E-state index in [1.807, 2.05) is 17.8 Å². The molecule has 0 aromatic carbocycles. The van der Waals surface area contributed by atoms with Gasteiger partial charge in [0.25, 0.3) is 0 Å². The number of aryl methyl sites for hydroxylation is 1. The number of aromatic nitrogens is 2. The zero-order valence-electron chi connectivity index (χ0n) is 11.4. The first-order valence-electron chi connectivity index (χ1n) is 7.07. The molecule has 3 heterocycles. The fourth-order valence-electron chi connectivity index (χ4n) is 3.30. The third-order valence-corrected chi connectivity index (χ3v) is 4.50. The molecule has 0 radical (unpaired) electrons. The predicted octanol–water partition coefficient (Wildman–Crippen LogP) is 1.43. The number of aliphatic hydroxyl groups excluding tert-OH is 1. The van der Waals surface area contributed by atoms with Gasteiger partial charge < -0.3 is 19.1 Å². The number of imidazole rings is 1. The van der Waals surface area contributed by atoms with Crippen molar-refractivity contribution in [2.24, 2.45) is 13.0 Å². The Labute approximate surface area is 113 Å². The van der Waals surface area contributed by atoms with Crippen molar-refractivity contribution in [3.8, 4) is 0 Å². The third-order valence-electron chi connectivity index (χ3n) is 4.50. The molecular weight excluding hydrogens is 244 g/mol. The highest BCUT2D eigenvalue weighted by Crippen LogP contribution is 2.41. The van der Waals surface area contributed by atoms with Gasteiger partial charge in [0, 0.05) is 39.3 Å². The lowest BCUT2D eigenvalue weighted by Crippen LogP contribution is -2.45. The van der Waals surface area contributed by atoms with Crippen LogP contribution in [0, 0.1) is 5.92 Å². The van der Waals surface area contributed by atoms with Gasteiger partial charge in [0.1, 0.15) is 11.9 Å². The number of aliphatic hydroxyl groups is 1. The number of ether oxygens (including phenoxy) is 2. The molecule has 106 valence electrons. The smallest absolute Gasteiger partial charge is 0.137 e. The minimum atomic E-state index is -0.497. The second kappa shape index (κ2) is 5.23. The predicted molar refractivity (Wildman–Crippen MR) is 69.6 cm³/mol. The lowest BCUT2D eigenvalue weighted by molar-refractivity contribution is -0.159. The van der Waals surface area contributed by atoms with E-state index in [0.29, 0.717) is 0 Å². The Hall–Kier alpha value is -0.910. The first kappa shape index (κ1) is 13.1. The zero-order valence-corrected chi connectivity index (χ0v) is 11.4. The summed E-state index contributed by atoms with van der Waals surface area (Å²) in [6, 6.07) is 0. The maximum atomic E-state index is 10.6. The summed E-state index contributed by atoms with van der Waals surface area (Å²) < 4.78 is 13.3. The Bertz CT molecular complexity index is 421. The van der Waals surface area contributed by atoms with Crippen molar-refractivity contribution in [1.82, 2.24) is 9.55 Å². The van der Waals surface area contributed by atoms with E-state index in [4.69, 9.17) is 9.47 Å². The van der Waals surface area contributed by atoms with Crippen molar-refractivity contribution in [2.75, 3.05) is 19.8 Å². The second-order valence-corrected chi connectivity index (χ2v) is 5.74. The van der Waals surface area contributed by atoms with Gasteiger partial charge in [0.15, 0.2) is 0 Å². The Morgan fingerprint density at radius 1 is 1.42 bits per heavy atom. The Morgan fingerprint density at radius 3 is 2.89 bits per heavy atom. The van der Waals surface area contributed by atoms with Crippen molar-refractivity contribution in [3.63, 3.8) is 0 Å². The van der Waals surface area contributed by atoms with Gasteiger partial charge in [-0.2, -0.15) is 0 Å². The molecule has 2 saturated heterocycles. The quantitative estimate of drug-likeness (QED) is 0.880. The minimum Gasteiger partial charge on any atom is -0.385 e. The number of hydrogen-bond donors (Lipinski definition) is 1. The Kier molecular flexibility index (Phi) is 3.60. The van der Waals surface area contributed by atoms with Crippen molar-refractivity contribution in [3.05, 3.63) is 18.2 Å². The second-order valence-electron chi connectivity index (χ2n) is 5.74. The number of nitrogens with zero attached hydrogens (tertiary/aromatic N) is 2. The molecule has 1 N–H and O–H groups in total. The first-order chi connectivity index (χ1) is 9.20. The van der Waals surface area contributed by atoms with E-state index in [-0.39, 0.29) is 11.5 Å². The average molecular weight is 266 g/mol. The first-order valence-corrected chi connectivity index (χ1v) is 7.07. The third kappa shape index (κ3) is 2.55. The van der Waals surface area contributed by atoms with Gasteiger partial charge >= 0.3 is 0 Å². The van der Waals surface area contributed by atoms with E-state index >= 15 is 0 Å². The normalized spacial score (nSPS) is 28.4. The molecule has 1 spiro atoms. The summed E-state index contributed by atoms with van der Waals surface area (Å²) in [5, 5.41) is 10.6. The lowest BCUT2D eigenvalue weighted by Gasteiger charge is -2.44. The van der Waals surface area contributed by atoms with Crippen LogP contribution in [0.15, 0.2) is 12.4 Å². The summed E-state index contributed by atoms with van der Waals surface area (Å²) in [5.74, 6) is 0.988. The highest BCUT2D eigenvalue weighted by molar-refractivity contribution is 5.00.